The summed E-state index contributed by atoms with van der Waals surface area (Å²) in [5, 5.41) is 3.33. The fraction of sp³-hybridized carbons (Fsp3) is 0.500. The van der Waals surface area contributed by atoms with Gasteiger partial charge in [-0.15, -0.1) is 0 Å². The summed E-state index contributed by atoms with van der Waals surface area (Å²) >= 11 is 0. The van der Waals surface area contributed by atoms with E-state index in [4.69, 9.17) is 4.74 Å². The summed E-state index contributed by atoms with van der Waals surface area (Å²) in [6.45, 7) is 7.12. The van der Waals surface area contributed by atoms with Gasteiger partial charge in [-0.05, 0) is 31.9 Å². The van der Waals surface area contributed by atoms with E-state index in [2.05, 4.69) is 31.3 Å². The first kappa shape index (κ1) is 13.7. The van der Waals surface area contributed by atoms with Crippen molar-refractivity contribution in [3.63, 3.8) is 0 Å². The molecule has 3 nitrogen and oxygen atoms in total. The molecule has 1 N–H and O–H groups in total. The van der Waals surface area contributed by atoms with Gasteiger partial charge in [-0.3, -0.25) is 4.79 Å². The quantitative estimate of drug-likeness (QED) is 0.770. The van der Waals surface area contributed by atoms with Crippen molar-refractivity contribution < 1.29 is 9.53 Å². The number of esters is 1. The third-order valence-electron chi connectivity index (χ3n) is 2.74. The lowest BCUT2D eigenvalue weighted by molar-refractivity contribution is -0.143. The molecule has 0 amide bonds. The van der Waals surface area contributed by atoms with Crippen LogP contribution in [-0.2, 0) is 9.53 Å². The number of hydrogen-bond donors (Lipinski definition) is 1. The van der Waals surface area contributed by atoms with E-state index < -0.39 is 0 Å². The molecule has 0 radical (unpaired) electrons. The molecule has 0 aliphatic heterocycles. The second kappa shape index (κ2) is 7.07. The van der Waals surface area contributed by atoms with Gasteiger partial charge in [0.05, 0.1) is 13.0 Å². The summed E-state index contributed by atoms with van der Waals surface area (Å²) in [5.74, 6) is -0.142. The van der Waals surface area contributed by atoms with E-state index in [0.29, 0.717) is 19.6 Å². The minimum atomic E-state index is -0.142. The summed E-state index contributed by atoms with van der Waals surface area (Å²) in [5.41, 5.74) is 2.54. The predicted octanol–water partition coefficient (Wildman–Crippen LogP) is 2.60. The zero-order chi connectivity index (χ0) is 12.7. The number of hydrogen-bond acceptors (Lipinski definition) is 3. The van der Waals surface area contributed by atoms with E-state index in [1.807, 2.05) is 19.1 Å². The molecular weight excluding hydrogens is 214 g/mol. The van der Waals surface area contributed by atoms with Crippen LogP contribution < -0.4 is 5.32 Å². The lowest BCUT2D eigenvalue weighted by atomic mass is 10.0. The number of carbonyl (C=O) groups is 1. The second-order valence-electron chi connectivity index (χ2n) is 4.09. The first-order valence-electron chi connectivity index (χ1n) is 6.09. The van der Waals surface area contributed by atoms with Crippen LogP contribution in [0.15, 0.2) is 24.3 Å². The van der Waals surface area contributed by atoms with Crippen LogP contribution in [0.2, 0.25) is 0 Å². The number of rotatable bonds is 6. The molecule has 1 aromatic rings. The van der Waals surface area contributed by atoms with Gasteiger partial charge < -0.3 is 10.1 Å². The Kier molecular flexibility index (Phi) is 5.70. The van der Waals surface area contributed by atoms with Crippen molar-refractivity contribution in [2.45, 2.75) is 33.2 Å². The van der Waals surface area contributed by atoms with Crippen molar-refractivity contribution in [1.29, 1.82) is 0 Å². The van der Waals surface area contributed by atoms with E-state index in [1.165, 1.54) is 11.1 Å². The SMILES string of the molecule is CCOC(=O)CCN[C@H](C)c1ccccc1C. The fourth-order valence-corrected chi connectivity index (χ4v) is 1.81. The molecule has 3 heteroatoms. The van der Waals surface area contributed by atoms with Crippen LogP contribution in [0.3, 0.4) is 0 Å². The van der Waals surface area contributed by atoms with Crippen molar-refractivity contribution in [2.75, 3.05) is 13.2 Å². The van der Waals surface area contributed by atoms with Crippen molar-refractivity contribution >= 4 is 5.97 Å². The second-order valence-corrected chi connectivity index (χ2v) is 4.09. The molecule has 0 spiro atoms. The Morgan fingerprint density at radius 3 is 2.76 bits per heavy atom. The zero-order valence-electron chi connectivity index (χ0n) is 10.8. The predicted molar refractivity (Wildman–Crippen MR) is 68.8 cm³/mol. The van der Waals surface area contributed by atoms with Crippen LogP contribution in [-0.4, -0.2) is 19.1 Å². The van der Waals surface area contributed by atoms with Gasteiger partial charge in [0.1, 0.15) is 0 Å². The largest absolute Gasteiger partial charge is 0.466 e. The summed E-state index contributed by atoms with van der Waals surface area (Å²) in [4.78, 5) is 11.2. The van der Waals surface area contributed by atoms with Gasteiger partial charge >= 0.3 is 5.97 Å². The van der Waals surface area contributed by atoms with Crippen LogP contribution in [0.1, 0.15) is 37.4 Å². The summed E-state index contributed by atoms with van der Waals surface area (Å²) in [6.07, 6.45) is 0.421. The van der Waals surface area contributed by atoms with Gasteiger partial charge in [0.15, 0.2) is 0 Å². The van der Waals surface area contributed by atoms with Crippen LogP contribution >= 0.6 is 0 Å². The summed E-state index contributed by atoms with van der Waals surface area (Å²) in [7, 11) is 0. The molecular formula is C14H21NO2. The van der Waals surface area contributed by atoms with Crippen LogP contribution in [0, 0.1) is 6.92 Å². The third-order valence-corrected chi connectivity index (χ3v) is 2.74. The van der Waals surface area contributed by atoms with Crippen molar-refractivity contribution in [3.8, 4) is 0 Å². The Morgan fingerprint density at radius 1 is 1.41 bits per heavy atom. The highest BCUT2D eigenvalue weighted by atomic mass is 16.5. The molecule has 0 saturated heterocycles. The standard InChI is InChI=1S/C14H21NO2/c1-4-17-14(16)9-10-15-12(3)13-8-6-5-7-11(13)2/h5-8,12,15H,4,9-10H2,1-3H3/t12-/m1/s1. The van der Waals surface area contributed by atoms with Gasteiger partial charge in [-0.1, -0.05) is 24.3 Å². The van der Waals surface area contributed by atoms with E-state index in [0.717, 1.165) is 0 Å². The number of nitrogens with one attached hydrogen (secondary N) is 1. The van der Waals surface area contributed by atoms with E-state index >= 15 is 0 Å². The van der Waals surface area contributed by atoms with Crippen LogP contribution in [0.25, 0.3) is 0 Å². The van der Waals surface area contributed by atoms with Crippen molar-refractivity contribution in [3.05, 3.63) is 35.4 Å². The minimum Gasteiger partial charge on any atom is -0.466 e. The highest BCUT2D eigenvalue weighted by Crippen LogP contribution is 2.16. The Labute approximate surface area is 103 Å². The highest BCUT2D eigenvalue weighted by molar-refractivity contribution is 5.69. The lowest BCUT2D eigenvalue weighted by Crippen LogP contribution is -2.23. The Hall–Kier alpha value is -1.35. The molecule has 0 fully saturated rings. The Balaban J connectivity index is 2.38. The van der Waals surface area contributed by atoms with Gasteiger partial charge in [0.25, 0.3) is 0 Å². The average Bonchev–Trinajstić information content (AvgIpc) is 2.29. The molecule has 1 atom stereocenters. The first-order valence-corrected chi connectivity index (χ1v) is 6.09. The molecule has 0 aliphatic rings. The molecule has 0 aliphatic carbocycles. The van der Waals surface area contributed by atoms with E-state index in [1.54, 1.807) is 0 Å². The number of carbonyl (C=O) groups excluding carboxylic acids is 1. The Morgan fingerprint density at radius 2 is 2.12 bits per heavy atom. The van der Waals surface area contributed by atoms with Crippen molar-refractivity contribution in [1.82, 2.24) is 5.32 Å². The highest BCUT2D eigenvalue weighted by Gasteiger charge is 2.08. The van der Waals surface area contributed by atoms with Gasteiger partial charge in [0.2, 0.25) is 0 Å². The molecule has 0 unspecified atom stereocenters. The third kappa shape index (κ3) is 4.57. The van der Waals surface area contributed by atoms with Gasteiger partial charge in [0, 0.05) is 12.6 Å². The molecule has 0 aromatic heterocycles. The maximum Gasteiger partial charge on any atom is 0.307 e. The molecule has 0 saturated carbocycles. The number of benzene rings is 1. The zero-order valence-corrected chi connectivity index (χ0v) is 10.8. The van der Waals surface area contributed by atoms with Gasteiger partial charge in [-0.25, -0.2) is 0 Å². The monoisotopic (exact) mass is 235 g/mol. The van der Waals surface area contributed by atoms with E-state index in [9.17, 15) is 4.79 Å². The van der Waals surface area contributed by atoms with Crippen LogP contribution in [0.5, 0.6) is 0 Å². The Bertz CT molecular complexity index is 363. The average molecular weight is 235 g/mol. The molecule has 0 bridgehead atoms. The minimum absolute atomic E-state index is 0.142. The summed E-state index contributed by atoms with van der Waals surface area (Å²) < 4.78 is 4.87. The van der Waals surface area contributed by atoms with Crippen LogP contribution in [0.4, 0.5) is 0 Å². The first-order chi connectivity index (χ1) is 8.15. The maximum atomic E-state index is 11.2. The smallest absolute Gasteiger partial charge is 0.307 e. The molecule has 1 rings (SSSR count). The molecule has 0 heterocycles. The lowest BCUT2D eigenvalue weighted by Gasteiger charge is -2.16. The fourth-order valence-electron chi connectivity index (χ4n) is 1.81. The number of ether oxygens (including phenoxy) is 1. The summed E-state index contributed by atoms with van der Waals surface area (Å²) in [6, 6.07) is 8.53. The molecule has 17 heavy (non-hydrogen) atoms. The van der Waals surface area contributed by atoms with Gasteiger partial charge in [-0.2, -0.15) is 0 Å². The molecule has 94 valence electrons. The van der Waals surface area contributed by atoms with Crippen molar-refractivity contribution in [2.24, 2.45) is 0 Å². The normalized spacial score (nSPS) is 12.2. The van der Waals surface area contributed by atoms with E-state index in [-0.39, 0.29) is 12.0 Å². The number of aryl methyl sites for hydroxylation is 1. The molecule has 1 aromatic carbocycles. The topological polar surface area (TPSA) is 38.3 Å². The maximum absolute atomic E-state index is 11.2.